The minimum Gasteiger partial charge on any atom is -0.494 e. The molecule has 1 unspecified atom stereocenters. The van der Waals surface area contributed by atoms with E-state index in [1.807, 2.05) is 62.4 Å². The van der Waals surface area contributed by atoms with Crippen LogP contribution in [0, 0.1) is 24.2 Å². The molecule has 0 spiro atoms. The van der Waals surface area contributed by atoms with Crippen molar-refractivity contribution in [1.82, 2.24) is 4.90 Å². The van der Waals surface area contributed by atoms with Gasteiger partial charge in [0.2, 0.25) is 11.8 Å². The molecule has 2 aromatic rings. The van der Waals surface area contributed by atoms with Gasteiger partial charge in [0.15, 0.2) is 0 Å². The average molecular weight is 405 g/mol. The first-order valence-electron chi connectivity index (χ1n) is 10.3. The van der Waals surface area contributed by atoms with E-state index in [1.165, 1.54) is 5.56 Å². The molecule has 1 atom stereocenters. The summed E-state index contributed by atoms with van der Waals surface area (Å²) in [5.41, 5.74) is 2.93. The van der Waals surface area contributed by atoms with Crippen LogP contribution in [0.2, 0.25) is 0 Å². The van der Waals surface area contributed by atoms with Gasteiger partial charge in [-0.05, 0) is 43.7 Å². The first-order valence-corrected chi connectivity index (χ1v) is 10.3. The molecule has 156 valence electrons. The van der Waals surface area contributed by atoms with Crippen molar-refractivity contribution in [2.45, 2.75) is 33.2 Å². The van der Waals surface area contributed by atoms with Crippen LogP contribution in [0.5, 0.6) is 5.75 Å². The number of ether oxygens (including phenoxy) is 1. The number of aryl methyl sites for hydroxylation is 1. The van der Waals surface area contributed by atoms with Crippen molar-refractivity contribution in [3.8, 4) is 11.8 Å². The van der Waals surface area contributed by atoms with Gasteiger partial charge in [-0.15, -0.1) is 0 Å². The monoisotopic (exact) mass is 405 g/mol. The Morgan fingerprint density at radius 2 is 1.90 bits per heavy atom. The molecule has 30 heavy (non-hydrogen) atoms. The van der Waals surface area contributed by atoms with Crippen LogP contribution in [0.15, 0.2) is 48.5 Å². The fraction of sp³-hybridized carbons (Fsp3) is 0.375. The van der Waals surface area contributed by atoms with Gasteiger partial charge in [0.25, 0.3) is 0 Å². The summed E-state index contributed by atoms with van der Waals surface area (Å²) in [7, 11) is 0. The maximum atomic E-state index is 13.3. The van der Waals surface area contributed by atoms with E-state index in [-0.39, 0.29) is 24.7 Å². The summed E-state index contributed by atoms with van der Waals surface area (Å²) >= 11 is 0. The Labute approximate surface area is 177 Å². The second-order valence-corrected chi connectivity index (χ2v) is 7.49. The third kappa shape index (κ3) is 5.18. The molecule has 0 saturated carbocycles. The topological polar surface area (TPSA) is 73.6 Å². The number of carbonyl (C=O) groups excluding carboxylic acids is 2. The number of benzene rings is 2. The van der Waals surface area contributed by atoms with Crippen LogP contribution in [0.1, 0.15) is 30.9 Å². The van der Waals surface area contributed by atoms with Gasteiger partial charge in [0.1, 0.15) is 5.75 Å². The second-order valence-electron chi connectivity index (χ2n) is 7.49. The summed E-state index contributed by atoms with van der Waals surface area (Å²) in [5.74, 6) is 0.192. The van der Waals surface area contributed by atoms with Gasteiger partial charge in [-0.3, -0.25) is 9.59 Å². The molecule has 2 amide bonds. The van der Waals surface area contributed by atoms with Crippen molar-refractivity contribution in [1.29, 1.82) is 5.26 Å². The first-order chi connectivity index (χ1) is 14.5. The van der Waals surface area contributed by atoms with Crippen LogP contribution < -0.4 is 9.64 Å². The van der Waals surface area contributed by atoms with E-state index >= 15 is 0 Å². The predicted octanol–water partition coefficient (Wildman–Crippen LogP) is 3.69. The molecule has 0 aromatic heterocycles. The molecule has 6 heteroatoms. The van der Waals surface area contributed by atoms with Crippen molar-refractivity contribution >= 4 is 17.5 Å². The highest BCUT2D eigenvalue weighted by atomic mass is 16.5. The highest BCUT2D eigenvalue weighted by molar-refractivity contribution is 5.99. The Bertz CT molecular complexity index is 916. The van der Waals surface area contributed by atoms with Gasteiger partial charge in [0.05, 0.1) is 25.0 Å². The molecule has 1 aliphatic heterocycles. The summed E-state index contributed by atoms with van der Waals surface area (Å²) in [5, 5.41) is 9.02. The number of hydrogen-bond acceptors (Lipinski definition) is 4. The molecule has 1 saturated heterocycles. The highest BCUT2D eigenvalue weighted by Crippen LogP contribution is 2.26. The minimum absolute atomic E-state index is 0.0131. The van der Waals surface area contributed by atoms with Gasteiger partial charge in [0, 0.05) is 31.7 Å². The van der Waals surface area contributed by atoms with E-state index < -0.39 is 5.92 Å². The van der Waals surface area contributed by atoms with Gasteiger partial charge in [-0.2, -0.15) is 5.26 Å². The molecular formula is C24H27N3O3. The lowest BCUT2D eigenvalue weighted by molar-refractivity contribution is -0.128. The zero-order valence-electron chi connectivity index (χ0n) is 17.5. The normalized spacial score (nSPS) is 15.7. The molecule has 1 heterocycles. The average Bonchev–Trinajstić information content (AvgIpc) is 3.11. The lowest BCUT2D eigenvalue weighted by Crippen LogP contribution is -2.38. The number of amides is 2. The Balaban J connectivity index is 1.71. The second kappa shape index (κ2) is 9.93. The molecule has 0 radical (unpaired) electrons. The molecule has 3 rings (SSSR count). The van der Waals surface area contributed by atoms with E-state index in [2.05, 4.69) is 6.07 Å². The number of likely N-dealkylation sites (tertiary alicyclic amines) is 1. The lowest BCUT2D eigenvalue weighted by Gasteiger charge is -2.25. The van der Waals surface area contributed by atoms with Crippen molar-refractivity contribution in [3.63, 3.8) is 0 Å². The Morgan fingerprint density at radius 3 is 2.53 bits per heavy atom. The minimum atomic E-state index is -0.409. The molecule has 0 bridgehead atoms. The van der Waals surface area contributed by atoms with Crippen LogP contribution in [0.25, 0.3) is 0 Å². The number of nitriles is 1. The van der Waals surface area contributed by atoms with E-state index in [4.69, 9.17) is 10.00 Å². The number of anilines is 1. The number of nitrogens with zero attached hydrogens (tertiary/aromatic N) is 3. The van der Waals surface area contributed by atoms with Crippen molar-refractivity contribution < 1.29 is 14.3 Å². The third-order valence-corrected chi connectivity index (χ3v) is 5.23. The zero-order chi connectivity index (χ0) is 21.5. The van der Waals surface area contributed by atoms with E-state index in [0.29, 0.717) is 31.9 Å². The molecule has 6 nitrogen and oxygen atoms in total. The van der Waals surface area contributed by atoms with Crippen molar-refractivity contribution in [2.75, 3.05) is 24.6 Å². The highest BCUT2D eigenvalue weighted by Gasteiger charge is 2.36. The van der Waals surface area contributed by atoms with Crippen LogP contribution >= 0.6 is 0 Å². The van der Waals surface area contributed by atoms with E-state index in [1.54, 1.807) is 9.80 Å². The standard InChI is InChI=1S/C24H27N3O3/c1-3-30-22-11-9-21(10-12-22)27(14-4-13-25)24(29)20-15-23(28)26(17-20)16-19-7-5-18(2)6-8-19/h5-12,20H,3-4,14-17H2,1-2H3. The predicted molar refractivity (Wildman–Crippen MR) is 115 cm³/mol. The molecule has 1 aliphatic rings. The molecule has 2 aromatic carbocycles. The van der Waals surface area contributed by atoms with Crippen molar-refractivity contribution in [3.05, 3.63) is 59.7 Å². The van der Waals surface area contributed by atoms with Gasteiger partial charge < -0.3 is 14.5 Å². The summed E-state index contributed by atoms with van der Waals surface area (Å²) in [4.78, 5) is 29.2. The largest absolute Gasteiger partial charge is 0.494 e. The summed E-state index contributed by atoms with van der Waals surface area (Å²) in [6, 6.07) is 17.4. The number of hydrogen-bond donors (Lipinski definition) is 0. The maximum Gasteiger partial charge on any atom is 0.232 e. The summed E-state index contributed by atoms with van der Waals surface area (Å²) < 4.78 is 5.47. The third-order valence-electron chi connectivity index (χ3n) is 5.23. The van der Waals surface area contributed by atoms with Crippen LogP contribution in [-0.2, 0) is 16.1 Å². The van der Waals surface area contributed by atoms with E-state index in [0.717, 1.165) is 11.3 Å². The van der Waals surface area contributed by atoms with Crippen LogP contribution in [0.3, 0.4) is 0 Å². The Hall–Kier alpha value is -3.33. The zero-order valence-corrected chi connectivity index (χ0v) is 17.5. The van der Waals surface area contributed by atoms with Gasteiger partial charge in [-0.1, -0.05) is 29.8 Å². The van der Waals surface area contributed by atoms with E-state index in [9.17, 15) is 9.59 Å². The number of rotatable bonds is 8. The molecule has 1 fully saturated rings. The molecule has 0 N–H and O–H groups in total. The van der Waals surface area contributed by atoms with Crippen molar-refractivity contribution in [2.24, 2.45) is 5.92 Å². The fourth-order valence-corrected chi connectivity index (χ4v) is 3.64. The fourth-order valence-electron chi connectivity index (χ4n) is 3.64. The Morgan fingerprint density at radius 1 is 1.20 bits per heavy atom. The summed E-state index contributed by atoms with van der Waals surface area (Å²) in [6.45, 7) is 5.70. The Kier molecular flexibility index (Phi) is 7.08. The number of carbonyl (C=O) groups is 2. The first kappa shape index (κ1) is 21.4. The quantitative estimate of drug-likeness (QED) is 0.671. The van der Waals surface area contributed by atoms with Gasteiger partial charge >= 0.3 is 0 Å². The van der Waals surface area contributed by atoms with Crippen LogP contribution in [0.4, 0.5) is 5.69 Å². The summed E-state index contributed by atoms with van der Waals surface area (Å²) in [6.07, 6.45) is 0.428. The lowest BCUT2D eigenvalue weighted by atomic mass is 10.1. The van der Waals surface area contributed by atoms with Crippen LogP contribution in [-0.4, -0.2) is 36.4 Å². The smallest absolute Gasteiger partial charge is 0.232 e. The SMILES string of the molecule is CCOc1ccc(N(CCC#N)C(=O)C2CC(=O)N(Cc3ccc(C)cc3)C2)cc1. The molecule has 0 aliphatic carbocycles. The maximum absolute atomic E-state index is 13.3. The van der Waals surface area contributed by atoms with Gasteiger partial charge in [-0.25, -0.2) is 0 Å². The molecular weight excluding hydrogens is 378 g/mol.